The third-order valence-electron chi connectivity index (χ3n) is 2.35. The number of nitrogens with zero attached hydrogens (tertiary/aromatic N) is 1. The van der Waals surface area contributed by atoms with Crippen LogP contribution in [0.2, 0.25) is 0 Å². The Bertz CT molecular complexity index is 251. The molecule has 0 amide bonds. The molecule has 0 bridgehead atoms. The van der Waals surface area contributed by atoms with Gasteiger partial charge in [0.15, 0.2) is 6.54 Å². The van der Waals surface area contributed by atoms with Crippen LogP contribution < -0.4 is 0 Å². The average molecular weight is 246 g/mol. The summed E-state index contributed by atoms with van der Waals surface area (Å²) in [5, 5.41) is 8.78. The zero-order valence-electron chi connectivity index (χ0n) is 11.2. The first kappa shape index (κ1) is 16.1. The number of carbonyl (C=O) groups is 1. The summed E-state index contributed by atoms with van der Waals surface area (Å²) in [6.07, 6.45) is 3.76. The summed E-state index contributed by atoms with van der Waals surface area (Å²) in [7, 11) is 5.35. The molecule has 0 aliphatic heterocycles. The summed E-state index contributed by atoms with van der Waals surface area (Å²) in [5.41, 5.74) is 0. The van der Waals surface area contributed by atoms with Crippen LogP contribution in [-0.2, 0) is 14.3 Å². The van der Waals surface area contributed by atoms with E-state index in [0.717, 1.165) is 0 Å². The molecule has 0 aliphatic rings. The van der Waals surface area contributed by atoms with Crippen molar-refractivity contribution in [1.82, 2.24) is 0 Å². The van der Waals surface area contributed by atoms with Crippen LogP contribution in [0.1, 0.15) is 6.92 Å². The first-order valence-corrected chi connectivity index (χ1v) is 5.66. The van der Waals surface area contributed by atoms with Crippen molar-refractivity contribution in [2.24, 2.45) is 0 Å². The number of rotatable bonds is 9. The van der Waals surface area contributed by atoms with Gasteiger partial charge < -0.3 is 19.1 Å². The van der Waals surface area contributed by atoms with Crippen molar-refractivity contribution in [2.45, 2.75) is 13.0 Å². The topological polar surface area (TPSA) is 55.8 Å². The van der Waals surface area contributed by atoms with Crippen LogP contribution in [0, 0.1) is 0 Å². The third-order valence-corrected chi connectivity index (χ3v) is 2.35. The van der Waals surface area contributed by atoms with E-state index in [9.17, 15) is 4.79 Å². The third kappa shape index (κ3) is 8.85. The van der Waals surface area contributed by atoms with Gasteiger partial charge in [-0.3, -0.25) is 0 Å². The lowest BCUT2D eigenvalue weighted by atomic mass is 10.3. The quantitative estimate of drug-likeness (QED) is 0.371. The largest absolute Gasteiger partial charge is 0.477 e. The lowest BCUT2D eigenvalue weighted by Crippen LogP contribution is -2.49. The predicted molar refractivity (Wildman–Crippen MR) is 65.9 cm³/mol. The Kier molecular flexibility index (Phi) is 7.78. The van der Waals surface area contributed by atoms with Crippen molar-refractivity contribution in [3.63, 3.8) is 0 Å². The molecule has 0 heterocycles. The Balaban J connectivity index is 4.05. The number of likely N-dealkylation sites (N-methyl/N-ethyl adjacent to an activating group) is 1. The molecule has 0 saturated carbocycles. The standard InChI is InChI=1S/C12H23NO4/c1-5-6-7-17-10-11(16-4)8-13(2,3)9-12(14)15/h5-6,11H,7-10H2,1-4H3/p+1/b6-5+. The minimum Gasteiger partial charge on any atom is -0.477 e. The first-order chi connectivity index (χ1) is 7.91. The molecule has 0 spiro atoms. The highest BCUT2D eigenvalue weighted by Gasteiger charge is 2.24. The molecule has 0 aromatic heterocycles. The highest BCUT2D eigenvalue weighted by molar-refractivity contribution is 5.67. The van der Waals surface area contributed by atoms with Crippen molar-refractivity contribution in [1.29, 1.82) is 0 Å². The number of aliphatic carboxylic acids is 1. The van der Waals surface area contributed by atoms with Crippen LogP contribution >= 0.6 is 0 Å². The van der Waals surface area contributed by atoms with Crippen LogP contribution in [0.3, 0.4) is 0 Å². The minimum absolute atomic E-state index is 0.0781. The van der Waals surface area contributed by atoms with E-state index in [1.165, 1.54) is 0 Å². The number of hydrogen-bond donors (Lipinski definition) is 1. The number of methoxy groups -OCH3 is 1. The number of carboxylic acids is 1. The zero-order valence-corrected chi connectivity index (χ0v) is 11.2. The van der Waals surface area contributed by atoms with Gasteiger partial charge in [0.05, 0.1) is 27.3 Å². The van der Waals surface area contributed by atoms with E-state index in [4.69, 9.17) is 14.6 Å². The molecule has 1 unspecified atom stereocenters. The van der Waals surface area contributed by atoms with Crippen LogP contribution in [0.15, 0.2) is 12.2 Å². The zero-order chi connectivity index (χ0) is 13.3. The van der Waals surface area contributed by atoms with E-state index in [1.807, 2.05) is 33.2 Å². The van der Waals surface area contributed by atoms with Crippen LogP contribution in [0.5, 0.6) is 0 Å². The van der Waals surface area contributed by atoms with Crippen LogP contribution in [0.25, 0.3) is 0 Å². The normalized spacial score (nSPS) is 14.1. The fourth-order valence-corrected chi connectivity index (χ4v) is 1.54. The molecule has 0 fully saturated rings. The van der Waals surface area contributed by atoms with E-state index >= 15 is 0 Å². The Morgan fingerprint density at radius 3 is 2.59 bits per heavy atom. The van der Waals surface area contributed by atoms with Crippen molar-refractivity contribution in [3.05, 3.63) is 12.2 Å². The van der Waals surface area contributed by atoms with Gasteiger partial charge in [-0.2, -0.15) is 0 Å². The lowest BCUT2D eigenvalue weighted by Gasteiger charge is -2.31. The van der Waals surface area contributed by atoms with E-state index in [1.54, 1.807) is 7.11 Å². The van der Waals surface area contributed by atoms with E-state index in [2.05, 4.69) is 0 Å². The minimum atomic E-state index is -0.806. The SMILES string of the molecule is C/C=C/COCC(C[N+](C)(C)CC(=O)O)OC. The molecule has 5 nitrogen and oxygen atoms in total. The Morgan fingerprint density at radius 2 is 2.12 bits per heavy atom. The molecule has 0 aliphatic carbocycles. The fourth-order valence-electron chi connectivity index (χ4n) is 1.54. The van der Waals surface area contributed by atoms with Crippen molar-refractivity contribution < 1.29 is 23.9 Å². The molecule has 0 rings (SSSR count). The highest BCUT2D eigenvalue weighted by atomic mass is 16.5. The molecule has 1 N–H and O–H groups in total. The maximum Gasteiger partial charge on any atom is 0.359 e. The first-order valence-electron chi connectivity index (χ1n) is 5.66. The van der Waals surface area contributed by atoms with Gasteiger partial charge >= 0.3 is 5.97 Å². The van der Waals surface area contributed by atoms with Gasteiger partial charge in [-0.25, -0.2) is 4.79 Å². The molecular weight excluding hydrogens is 222 g/mol. The van der Waals surface area contributed by atoms with Gasteiger partial charge in [0.1, 0.15) is 12.6 Å². The molecular formula is C12H24NO4+. The van der Waals surface area contributed by atoms with Gasteiger partial charge in [-0.05, 0) is 6.92 Å². The molecule has 0 aromatic rings. The van der Waals surface area contributed by atoms with Crippen molar-refractivity contribution in [2.75, 3.05) is 47.5 Å². The Morgan fingerprint density at radius 1 is 1.47 bits per heavy atom. The van der Waals surface area contributed by atoms with Gasteiger partial charge in [0, 0.05) is 7.11 Å². The summed E-state index contributed by atoms with van der Waals surface area (Å²) < 4.78 is 11.1. The van der Waals surface area contributed by atoms with Gasteiger partial charge in [-0.1, -0.05) is 12.2 Å². The van der Waals surface area contributed by atoms with Crippen LogP contribution in [0.4, 0.5) is 0 Å². The van der Waals surface area contributed by atoms with Crippen molar-refractivity contribution >= 4 is 5.97 Å². The molecule has 17 heavy (non-hydrogen) atoms. The predicted octanol–water partition coefficient (Wildman–Crippen LogP) is 0.755. The van der Waals surface area contributed by atoms with Crippen LogP contribution in [-0.4, -0.2) is 69.2 Å². The van der Waals surface area contributed by atoms with E-state index in [0.29, 0.717) is 24.2 Å². The monoisotopic (exact) mass is 246 g/mol. The number of allylic oxidation sites excluding steroid dienone is 1. The molecule has 0 saturated heterocycles. The number of ether oxygens (including phenoxy) is 2. The van der Waals surface area contributed by atoms with E-state index < -0.39 is 5.97 Å². The number of carboxylic acid groups (broad SMARTS) is 1. The molecule has 1 atom stereocenters. The second kappa shape index (κ2) is 8.22. The highest BCUT2D eigenvalue weighted by Crippen LogP contribution is 2.03. The summed E-state index contributed by atoms with van der Waals surface area (Å²) in [6, 6.07) is 0. The summed E-state index contributed by atoms with van der Waals surface area (Å²) in [5.74, 6) is -0.806. The average Bonchev–Trinajstić information content (AvgIpc) is 2.20. The summed E-state index contributed by atoms with van der Waals surface area (Å²) in [6.45, 7) is 3.66. The van der Waals surface area contributed by atoms with E-state index in [-0.39, 0.29) is 12.6 Å². The molecule has 5 heteroatoms. The maximum atomic E-state index is 10.7. The van der Waals surface area contributed by atoms with Crippen molar-refractivity contribution in [3.8, 4) is 0 Å². The van der Waals surface area contributed by atoms with Gasteiger partial charge in [0.2, 0.25) is 0 Å². The summed E-state index contributed by atoms with van der Waals surface area (Å²) in [4.78, 5) is 10.7. The maximum absolute atomic E-state index is 10.7. The summed E-state index contributed by atoms with van der Waals surface area (Å²) >= 11 is 0. The molecule has 0 radical (unpaired) electrons. The van der Waals surface area contributed by atoms with Gasteiger partial charge in [-0.15, -0.1) is 0 Å². The second-order valence-electron chi connectivity index (χ2n) is 4.63. The molecule has 0 aromatic carbocycles. The Hall–Kier alpha value is -0.910. The van der Waals surface area contributed by atoms with Gasteiger partial charge in [0.25, 0.3) is 0 Å². The molecule has 100 valence electrons. The second-order valence-corrected chi connectivity index (χ2v) is 4.63. The smallest absolute Gasteiger partial charge is 0.359 e. The Labute approximate surface area is 103 Å². The number of hydrogen-bond acceptors (Lipinski definition) is 3. The number of quaternary nitrogens is 1. The lowest BCUT2D eigenvalue weighted by molar-refractivity contribution is -0.886. The fraction of sp³-hybridized carbons (Fsp3) is 0.750.